The third-order valence-corrected chi connectivity index (χ3v) is 4.83. The zero-order valence-corrected chi connectivity index (χ0v) is 15.2. The van der Waals surface area contributed by atoms with Crippen molar-refractivity contribution in [3.05, 3.63) is 23.8 Å². The Bertz CT molecular complexity index is 555. The van der Waals surface area contributed by atoms with Crippen molar-refractivity contribution in [1.82, 2.24) is 0 Å². The largest absolute Gasteiger partial charge is 0.493 e. The predicted molar refractivity (Wildman–Crippen MR) is 91.2 cm³/mol. The summed E-state index contributed by atoms with van der Waals surface area (Å²) in [5.74, 6) is 1.75. The van der Waals surface area contributed by atoms with Crippen LogP contribution in [-0.4, -0.2) is 26.3 Å². The number of carbonyl (C=O) groups is 1. The second-order valence-corrected chi connectivity index (χ2v) is 6.87. The van der Waals surface area contributed by atoms with E-state index in [4.69, 9.17) is 19.2 Å². The molecule has 24 heavy (non-hydrogen) atoms. The molecule has 0 saturated heterocycles. The molecule has 2 rings (SSSR count). The summed E-state index contributed by atoms with van der Waals surface area (Å²) in [7, 11) is 3.02. The zero-order valence-electron chi connectivity index (χ0n) is 15.2. The van der Waals surface area contributed by atoms with Crippen LogP contribution in [0.4, 0.5) is 0 Å². The molecule has 5 nitrogen and oxygen atoms in total. The molecule has 0 aliphatic heterocycles. The number of methoxy groups -OCH3 is 2. The predicted octanol–water partition coefficient (Wildman–Crippen LogP) is 4.25. The summed E-state index contributed by atoms with van der Waals surface area (Å²) < 4.78 is 10.5. The molecule has 0 heterocycles. The van der Waals surface area contributed by atoms with E-state index in [-0.39, 0.29) is 6.10 Å². The molecule has 1 aromatic carbocycles. The molecular weight excluding hydrogens is 308 g/mol. The molecule has 134 valence electrons. The van der Waals surface area contributed by atoms with Crippen molar-refractivity contribution < 1.29 is 24.0 Å². The van der Waals surface area contributed by atoms with Gasteiger partial charge in [0.2, 0.25) is 0 Å². The van der Waals surface area contributed by atoms with E-state index in [9.17, 15) is 4.79 Å². The first-order valence-corrected chi connectivity index (χ1v) is 8.56. The van der Waals surface area contributed by atoms with Crippen LogP contribution >= 0.6 is 0 Å². The van der Waals surface area contributed by atoms with Gasteiger partial charge >= 0.3 is 5.97 Å². The smallest absolute Gasteiger partial charge is 0.376 e. The van der Waals surface area contributed by atoms with Gasteiger partial charge in [0.25, 0.3) is 0 Å². The minimum atomic E-state index is -0.563. The van der Waals surface area contributed by atoms with Gasteiger partial charge in [-0.3, -0.25) is 4.89 Å². The Morgan fingerprint density at radius 1 is 1.17 bits per heavy atom. The SMILES string of the molecule is COc1cccc(C(=O)OOC2CC(C)CCC2C(C)C)c1OC. The molecule has 0 amide bonds. The highest BCUT2D eigenvalue weighted by Crippen LogP contribution is 2.36. The van der Waals surface area contributed by atoms with E-state index in [0.717, 1.165) is 12.8 Å². The van der Waals surface area contributed by atoms with Crippen molar-refractivity contribution in [2.75, 3.05) is 14.2 Å². The third-order valence-electron chi connectivity index (χ3n) is 4.83. The van der Waals surface area contributed by atoms with Gasteiger partial charge in [0.15, 0.2) is 11.5 Å². The monoisotopic (exact) mass is 336 g/mol. The van der Waals surface area contributed by atoms with Crippen molar-refractivity contribution in [3.63, 3.8) is 0 Å². The van der Waals surface area contributed by atoms with Crippen LogP contribution in [-0.2, 0) is 9.78 Å². The van der Waals surface area contributed by atoms with Gasteiger partial charge in [-0.15, -0.1) is 0 Å². The summed E-state index contributed by atoms with van der Waals surface area (Å²) in [4.78, 5) is 23.1. The summed E-state index contributed by atoms with van der Waals surface area (Å²) in [5, 5.41) is 0. The third kappa shape index (κ3) is 4.20. The van der Waals surface area contributed by atoms with E-state index in [1.54, 1.807) is 18.2 Å². The Morgan fingerprint density at radius 2 is 1.92 bits per heavy atom. The number of ether oxygens (including phenoxy) is 2. The van der Waals surface area contributed by atoms with Crippen LogP contribution in [0.15, 0.2) is 18.2 Å². The van der Waals surface area contributed by atoms with E-state index < -0.39 is 5.97 Å². The first-order valence-electron chi connectivity index (χ1n) is 8.56. The number of hydrogen-bond acceptors (Lipinski definition) is 5. The molecule has 0 bridgehead atoms. The zero-order chi connectivity index (χ0) is 17.7. The molecule has 0 aromatic heterocycles. The van der Waals surface area contributed by atoms with Crippen LogP contribution in [0.1, 0.15) is 50.4 Å². The molecular formula is C19H28O5. The summed E-state index contributed by atoms with van der Waals surface area (Å²) in [5.41, 5.74) is 0.293. The maximum Gasteiger partial charge on any atom is 0.376 e. The molecule has 1 fully saturated rings. The lowest BCUT2D eigenvalue weighted by atomic mass is 9.75. The summed E-state index contributed by atoms with van der Waals surface area (Å²) in [6.45, 7) is 6.58. The number of carbonyl (C=O) groups excluding carboxylic acids is 1. The Kier molecular flexibility index (Phi) is 6.49. The Hall–Kier alpha value is -1.75. The average Bonchev–Trinajstić information content (AvgIpc) is 2.58. The Balaban J connectivity index is 2.07. The van der Waals surface area contributed by atoms with Crippen molar-refractivity contribution in [2.45, 2.75) is 46.1 Å². The van der Waals surface area contributed by atoms with Crippen LogP contribution in [0.5, 0.6) is 11.5 Å². The summed E-state index contributed by atoms with van der Waals surface area (Å²) >= 11 is 0. The minimum Gasteiger partial charge on any atom is -0.493 e. The second-order valence-electron chi connectivity index (χ2n) is 6.87. The van der Waals surface area contributed by atoms with Crippen LogP contribution in [0.3, 0.4) is 0 Å². The molecule has 3 atom stereocenters. The van der Waals surface area contributed by atoms with Crippen molar-refractivity contribution in [3.8, 4) is 11.5 Å². The molecule has 1 aromatic rings. The van der Waals surface area contributed by atoms with Crippen molar-refractivity contribution >= 4 is 5.97 Å². The molecule has 3 unspecified atom stereocenters. The standard InChI is InChI=1S/C19H28O5/c1-12(2)14-10-9-13(3)11-17(14)23-24-19(20)15-7-6-8-16(21-4)18(15)22-5/h6-8,12-14,17H,9-11H2,1-5H3. The van der Waals surface area contributed by atoms with E-state index in [1.807, 2.05) is 0 Å². The minimum absolute atomic E-state index is 0.0608. The molecule has 1 aliphatic carbocycles. The van der Waals surface area contributed by atoms with Crippen LogP contribution in [0.2, 0.25) is 0 Å². The first kappa shape index (κ1) is 18.6. The van der Waals surface area contributed by atoms with E-state index >= 15 is 0 Å². The van der Waals surface area contributed by atoms with Gasteiger partial charge in [-0.25, -0.2) is 4.79 Å². The highest BCUT2D eigenvalue weighted by molar-refractivity contribution is 5.93. The maximum atomic E-state index is 12.4. The number of para-hydroxylation sites is 1. The normalized spacial score (nSPS) is 23.8. The van der Waals surface area contributed by atoms with E-state index in [0.29, 0.717) is 34.8 Å². The van der Waals surface area contributed by atoms with Crippen LogP contribution < -0.4 is 9.47 Å². The number of rotatable bonds is 6. The van der Waals surface area contributed by atoms with Crippen LogP contribution in [0.25, 0.3) is 0 Å². The fourth-order valence-electron chi connectivity index (χ4n) is 3.42. The summed E-state index contributed by atoms with van der Waals surface area (Å²) in [6.07, 6.45) is 3.14. The molecule has 0 radical (unpaired) electrons. The quantitative estimate of drug-likeness (QED) is 0.574. The van der Waals surface area contributed by atoms with Gasteiger partial charge in [0.05, 0.1) is 14.2 Å². The van der Waals surface area contributed by atoms with Crippen molar-refractivity contribution in [2.24, 2.45) is 17.8 Å². The molecule has 1 aliphatic rings. The van der Waals surface area contributed by atoms with E-state index in [1.165, 1.54) is 20.6 Å². The lowest BCUT2D eigenvalue weighted by Gasteiger charge is -2.35. The van der Waals surface area contributed by atoms with Gasteiger partial charge in [0.1, 0.15) is 11.7 Å². The fraction of sp³-hybridized carbons (Fsp3) is 0.632. The van der Waals surface area contributed by atoms with Crippen LogP contribution in [0, 0.1) is 17.8 Å². The number of hydrogen-bond donors (Lipinski definition) is 0. The topological polar surface area (TPSA) is 54.0 Å². The van der Waals surface area contributed by atoms with Crippen molar-refractivity contribution in [1.29, 1.82) is 0 Å². The molecule has 0 spiro atoms. The highest BCUT2D eigenvalue weighted by Gasteiger charge is 2.33. The number of benzene rings is 1. The Labute approximate surface area is 144 Å². The van der Waals surface area contributed by atoms with Gasteiger partial charge < -0.3 is 9.47 Å². The maximum absolute atomic E-state index is 12.4. The molecule has 5 heteroatoms. The Morgan fingerprint density at radius 3 is 2.54 bits per heavy atom. The molecule has 1 saturated carbocycles. The summed E-state index contributed by atoms with van der Waals surface area (Å²) in [6, 6.07) is 5.09. The van der Waals surface area contributed by atoms with Gasteiger partial charge in [-0.1, -0.05) is 33.3 Å². The van der Waals surface area contributed by atoms with Gasteiger partial charge in [0, 0.05) is 0 Å². The first-order chi connectivity index (χ1) is 11.5. The lowest BCUT2D eigenvalue weighted by molar-refractivity contribution is -0.296. The van der Waals surface area contributed by atoms with Gasteiger partial charge in [-0.2, -0.15) is 4.89 Å². The molecule has 0 N–H and O–H groups in total. The fourth-order valence-corrected chi connectivity index (χ4v) is 3.42. The lowest BCUT2D eigenvalue weighted by Crippen LogP contribution is -2.35. The second kappa shape index (κ2) is 8.38. The highest BCUT2D eigenvalue weighted by atomic mass is 17.2. The average molecular weight is 336 g/mol. The van der Waals surface area contributed by atoms with Gasteiger partial charge in [-0.05, 0) is 42.7 Å². The van der Waals surface area contributed by atoms with E-state index in [2.05, 4.69) is 20.8 Å².